The molecule has 4 fully saturated rings. The lowest BCUT2D eigenvalue weighted by Gasteiger charge is -2.74. The molecule has 0 amide bonds. The van der Waals surface area contributed by atoms with Crippen LogP contribution in [0.4, 0.5) is 4.39 Å². The van der Waals surface area contributed by atoms with Gasteiger partial charge in [-0.25, -0.2) is 4.79 Å². The molecule has 0 aromatic rings. The molecule has 0 saturated heterocycles. The van der Waals surface area contributed by atoms with E-state index in [4.69, 9.17) is 14.6 Å². The highest BCUT2D eigenvalue weighted by atomic mass is 32.2. The molecule has 4 aliphatic carbocycles. The number of nitrogens with zero attached hydrogens (tertiary/aromatic N) is 1. The molecular formula is C14H16FNO5S. The molecular weight excluding hydrogens is 313 g/mol. The minimum atomic E-state index is -5.49. The third-order valence-electron chi connectivity index (χ3n) is 6.82. The van der Waals surface area contributed by atoms with E-state index in [1.54, 1.807) is 0 Å². The number of hydrogen-bond acceptors (Lipinski definition) is 5. The van der Waals surface area contributed by atoms with E-state index in [1.165, 1.54) is 12.8 Å². The molecule has 1 N–H and O–H groups in total. The van der Waals surface area contributed by atoms with Crippen LogP contribution < -0.4 is 0 Å². The topological polar surface area (TPSA) is 104 Å². The summed E-state index contributed by atoms with van der Waals surface area (Å²) >= 11 is 0. The predicted molar refractivity (Wildman–Crippen MR) is 70.4 cm³/mol. The summed E-state index contributed by atoms with van der Waals surface area (Å²) in [5, 5.41) is 4.55. The van der Waals surface area contributed by atoms with Gasteiger partial charge in [0.2, 0.25) is 0 Å². The highest BCUT2D eigenvalue weighted by molar-refractivity contribution is 7.88. The van der Waals surface area contributed by atoms with Crippen LogP contribution in [-0.4, -0.2) is 30.5 Å². The van der Waals surface area contributed by atoms with Crippen molar-refractivity contribution in [3.63, 3.8) is 0 Å². The second kappa shape index (κ2) is 3.82. The molecule has 0 aromatic heterocycles. The minimum absolute atomic E-state index is 0.0611. The first-order valence-electron chi connectivity index (χ1n) is 7.43. The van der Waals surface area contributed by atoms with Crippen LogP contribution in [0.25, 0.3) is 0 Å². The average molecular weight is 329 g/mol. The molecule has 120 valence electrons. The lowest BCUT2D eigenvalue weighted by atomic mass is 9.30. The maximum Gasteiger partial charge on any atom is 0.413 e. The lowest BCUT2D eigenvalue weighted by molar-refractivity contribution is -0.279. The number of carbonyl (C=O) groups excluding carboxylic acids is 1. The van der Waals surface area contributed by atoms with Gasteiger partial charge in [-0.3, -0.25) is 4.55 Å². The number of nitriles is 1. The molecule has 6 nitrogen and oxygen atoms in total. The Kier molecular flexibility index (Phi) is 2.50. The van der Waals surface area contributed by atoms with Gasteiger partial charge in [-0.1, -0.05) is 0 Å². The third kappa shape index (κ3) is 1.33. The Hall–Kier alpha value is -1.20. The van der Waals surface area contributed by atoms with Crippen LogP contribution in [-0.2, 0) is 19.6 Å². The second-order valence-electron chi connectivity index (χ2n) is 7.42. The summed E-state index contributed by atoms with van der Waals surface area (Å²) in [4.78, 5) is 11.7. The Morgan fingerprint density at radius 1 is 1.36 bits per heavy atom. The van der Waals surface area contributed by atoms with Crippen LogP contribution in [0.5, 0.6) is 0 Å². The first kappa shape index (κ1) is 14.4. The molecule has 4 aliphatic rings. The van der Waals surface area contributed by atoms with Crippen molar-refractivity contribution in [1.29, 1.82) is 5.26 Å². The van der Waals surface area contributed by atoms with Crippen molar-refractivity contribution < 1.29 is 26.9 Å². The summed E-state index contributed by atoms with van der Waals surface area (Å²) in [6.45, 7) is -0.0611. The smallest absolute Gasteiger partial charge is 0.413 e. The fourth-order valence-electron chi connectivity index (χ4n) is 6.15. The molecule has 8 heteroatoms. The van der Waals surface area contributed by atoms with Crippen molar-refractivity contribution >= 4 is 16.1 Å². The van der Waals surface area contributed by atoms with Crippen LogP contribution in [0.3, 0.4) is 0 Å². The maximum atomic E-state index is 13.9. The molecule has 2 bridgehead atoms. The molecule has 22 heavy (non-hydrogen) atoms. The summed E-state index contributed by atoms with van der Waals surface area (Å²) in [5.74, 6) is 0.211. The molecule has 4 saturated carbocycles. The third-order valence-corrected chi connectivity index (χ3v) is 7.79. The molecule has 3 atom stereocenters. The maximum absolute atomic E-state index is 13.9. The Labute approximate surface area is 127 Å². The predicted octanol–water partition coefficient (Wildman–Crippen LogP) is 1.43. The van der Waals surface area contributed by atoms with E-state index < -0.39 is 21.1 Å². The quantitative estimate of drug-likeness (QED) is 0.618. The van der Waals surface area contributed by atoms with E-state index in [2.05, 4.69) is 0 Å². The van der Waals surface area contributed by atoms with Crippen molar-refractivity contribution in [1.82, 2.24) is 0 Å². The number of halogens is 1. The summed E-state index contributed by atoms with van der Waals surface area (Å²) < 4.78 is 49.3. The van der Waals surface area contributed by atoms with Crippen molar-refractivity contribution in [2.75, 3.05) is 6.61 Å². The number of ether oxygens (including phenoxy) is 1. The van der Waals surface area contributed by atoms with Crippen LogP contribution >= 0.6 is 0 Å². The highest BCUT2D eigenvalue weighted by Gasteiger charge is 2.81. The van der Waals surface area contributed by atoms with Crippen LogP contribution in [0.15, 0.2) is 0 Å². The first-order valence-corrected chi connectivity index (χ1v) is 8.87. The zero-order chi connectivity index (χ0) is 16.0. The van der Waals surface area contributed by atoms with Gasteiger partial charge in [0, 0.05) is 5.41 Å². The number of esters is 1. The molecule has 0 aromatic carbocycles. The van der Waals surface area contributed by atoms with E-state index in [-0.39, 0.29) is 17.4 Å². The number of rotatable bonds is 4. The molecule has 0 aliphatic heterocycles. The van der Waals surface area contributed by atoms with Gasteiger partial charge >= 0.3 is 21.1 Å². The summed E-state index contributed by atoms with van der Waals surface area (Å²) in [6.07, 6.45) is 5.39. The molecule has 1 spiro atoms. The van der Waals surface area contributed by atoms with Crippen LogP contribution in [0.1, 0.15) is 32.1 Å². The van der Waals surface area contributed by atoms with Crippen molar-refractivity contribution in [2.45, 2.75) is 37.1 Å². The first-order chi connectivity index (χ1) is 10.2. The Balaban J connectivity index is 1.49. The minimum Gasteiger partial charge on any atom is -0.461 e. The van der Waals surface area contributed by atoms with E-state index in [0.717, 1.165) is 25.2 Å². The van der Waals surface area contributed by atoms with Crippen molar-refractivity contribution in [3.05, 3.63) is 0 Å². The summed E-state index contributed by atoms with van der Waals surface area (Å²) in [5.41, 5.74) is 0.0283. The normalized spacial score (nSPS) is 46.7. The van der Waals surface area contributed by atoms with E-state index in [0.29, 0.717) is 17.9 Å². The van der Waals surface area contributed by atoms with Gasteiger partial charge in [0.25, 0.3) is 0 Å². The van der Waals surface area contributed by atoms with Gasteiger partial charge in [0.1, 0.15) is 6.07 Å². The summed E-state index contributed by atoms with van der Waals surface area (Å²) in [7, 11) is -5.49. The van der Waals surface area contributed by atoms with Gasteiger partial charge < -0.3 is 4.74 Å². The number of fused-ring (bicyclic) bond motifs is 1. The van der Waals surface area contributed by atoms with Crippen molar-refractivity contribution in [3.8, 4) is 6.07 Å². The zero-order valence-corrected chi connectivity index (χ0v) is 12.6. The van der Waals surface area contributed by atoms with Gasteiger partial charge in [-0.2, -0.15) is 18.1 Å². The fraction of sp³-hybridized carbons (Fsp3) is 0.857. The highest BCUT2D eigenvalue weighted by Crippen LogP contribution is 2.86. The van der Waals surface area contributed by atoms with Crippen molar-refractivity contribution in [2.24, 2.45) is 28.6 Å². The SMILES string of the molecule is N#CC(F)(C(=O)OCC12CC3CC4CC(C1)C32C4)S(=O)(=O)O. The molecule has 0 radical (unpaired) electrons. The standard InChI is InChI=1S/C14H16FNO5S/c15-14(6-16,22(18,19)20)11(17)21-7-12-4-9-1-8-2-10(5-12)13(9,12)3-8/h8-10H,1-5,7H2,(H,18,19,20). The zero-order valence-electron chi connectivity index (χ0n) is 11.8. The molecule has 0 heterocycles. The van der Waals surface area contributed by atoms with Gasteiger partial charge in [-0.15, -0.1) is 0 Å². The number of carbonyl (C=O) groups is 1. The Morgan fingerprint density at radius 2 is 1.95 bits per heavy atom. The lowest BCUT2D eigenvalue weighted by Crippen LogP contribution is -2.70. The molecule has 4 rings (SSSR count). The van der Waals surface area contributed by atoms with Gasteiger partial charge in [0.15, 0.2) is 0 Å². The fourth-order valence-corrected chi connectivity index (χ4v) is 6.53. The Bertz CT molecular complexity index is 697. The van der Waals surface area contributed by atoms with Crippen LogP contribution in [0, 0.1) is 39.9 Å². The van der Waals surface area contributed by atoms with E-state index in [9.17, 15) is 17.6 Å². The monoisotopic (exact) mass is 329 g/mol. The Morgan fingerprint density at radius 3 is 2.41 bits per heavy atom. The van der Waals surface area contributed by atoms with Gasteiger partial charge in [-0.05, 0) is 55.3 Å². The average Bonchev–Trinajstić information content (AvgIpc) is 2.93. The van der Waals surface area contributed by atoms with Gasteiger partial charge in [0.05, 0.1) is 6.61 Å². The number of alkyl halides is 1. The second-order valence-corrected chi connectivity index (χ2v) is 8.94. The summed E-state index contributed by atoms with van der Waals surface area (Å²) in [6, 6.07) is 0.702. The largest absolute Gasteiger partial charge is 0.461 e. The van der Waals surface area contributed by atoms with Crippen LogP contribution in [0.2, 0.25) is 0 Å². The van der Waals surface area contributed by atoms with E-state index in [1.807, 2.05) is 0 Å². The number of hydrogen-bond donors (Lipinski definition) is 1. The van der Waals surface area contributed by atoms with E-state index >= 15 is 0 Å². The molecule has 3 unspecified atom stereocenters.